The minimum atomic E-state index is 0.586. The van der Waals surface area contributed by atoms with Crippen molar-refractivity contribution in [2.75, 3.05) is 6.54 Å². The first-order chi connectivity index (χ1) is 10.4. The van der Waals surface area contributed by atoms with Crippen LogP contribution in [0.15, 0.2) is 46.4 Å². The molecule has 1 aromatic heterocycles. The van der Waals surface area contributed by atoms with E-state index < -0.39 is 0 Å². The molecule has 1 heterocycles. The molecule has 0 aliphatic heterocycles. The van der Waals surface area contributed by atoms with Gasteiger partial charge in [-0.2, -0.15) is 0 Å². The predicted octanol–water partition coefficient (Wildman–Crippen LogP) is 3.72. The van der Waals surface area contributed by atoms with E-state index in [0.717, 1.165) is 18.5 Å². The number of benzene rings is 1. The molecule has 0 amide bonds. The largest absolute Gasteiger partial charge is 0.419 e. The van der Waals surface area contributed by atoms with Crippen LogP contribution in [0.25, 0.3) is 11.5 Å². The molecule has 2 aromatic rings. The Bertz CT molecular complexity index is 589. The Balaban J connectivity index is 1.46. The van der Waals surface area contributed by atoms with E-state index in [-0.39, 0.29) is 0 Å². The van der Waals surface area contributed by atoms with Crippen molar-refractivity contribution in [1.82, 2.24) is 15.5 Å². The van der Waals surface area contributed by atoms with E-state index in [1.165, 1.54) is 25.7 Å². The molecule has 0 radical (unpaired) electrons. The lowest BCUT2D eigenvalue weighted by Gasteiger charge is -2.12. The van der Waals surface area contributed by atoms with Gasteiger partial charge in [-0.1, -0.05) is 29.8 Å². The van der Waals surface area contributed by atoms with Crippen LogP contribution in [-0.4, -0.2) is 16.7 Å². The highest BCUT2D eigenvalue weighted by molar-refractivity contribution is 5.51. The number of aromatic nitrogens is 2. The molecule has 0 unspecified atom stereocenters. The fraction of sp³-hybridized carbons (Fsp3) is 0.412. The fourth-order valence-electron chi connectivity index (χ4n) is 2.60. The van der Waals surface area contributed by atoms with Gasteiger partial charge in [-0.15, -0.1) is 10.2 Å². The molecule has 0 saturated heterocycles. The lowest BCUT2D eigenvalue weighted by atomic mass is 9.97. The summed E-state index contributed by atoms with van der Waals surface area (Å²) < 4.78 is 5.66. The summed E-state index contributed by atoms with van der Waals surface area (Å²) >= 11 is 0. The van der Waals surface area contributed by atoms with Crippen LogP contribution < -0.4 is 5.32 Å². The van der Waals surface area contributed by atoms with E-state index in [9.17, 15) is 0 Å². The molecule has 21 heavy (non-hydrogen) atoms. The Morgan fingerprint density at radius 3 is 2.81 bits per heavy atom. The molecular weight excluding hydrogens is 262 g/mol. The summed E-state index contributed by atoms with van der Waals surface area (Å²) in [5.74, 6) is 1.23. The molecule has 0 spiro atoms. The van der Waals surface area contributed by atoms with Gasteiger partial charge < -0.3 is 9.73 Å². The number of rotatable bonds is 6. The highest BCUT2D eigenvalue weighted by atomic mass is 16.4. The molecule has 1 aromatic carbocycles. The second-order valence-corrected chi connectivity index (χ2v) is 5.40. The highest BCUT2D eigenvalue weighted by Gasteiger charge is 2.08. The lowest BCUT2D eigenvalue weighted by Crippen LogP contribution is -2.15. The summed E-state index contributed by atoms with van der Waals surface area (Å²) in [4.78, 5) is 0. The molecule has 3 rings (SSSR count). The smallest absolute Gasteiger partial charge is 0.247 e. The summed E-state index contributed by atoms with van der Waals surface area (Å²) in [6, 6.07) is 9.85. The van der Waals surface area contributed by atoms with E-state index >= 15 is 0 Å². The first-order valence-electron chi connectivity index (χ1n) is 7.68. The van der Waals surface area contributed by atoms with Crippen molar-refractivity contribution in [3.63, 3.8) is 0 Å². The van der Waals surface area contributed by atoms with Crippen LogP contribution in [0.5, 0.6) is 0 Å². The summed E-state index contributed by atoms with van der Waals surface area (Å²) in [7, 11) is 0. The first kappa shape index (κ1) is 14.0. The zero-order valence-electron chi connectivity index (χ0n) is 12.2. The SMILES string of the molecule is C1=C(CCNCc2nnc(-c3ccccc3)o2)CCCC1. The van der Waals surface area contributed by atoms with Gasteiger partial charge in [-0.05, 0) is 50.8 Å². The van der Waals surface area contributed by atoms with Crippen LogP contribution in [0.3, 0.4) is 0 Å². The van der Waals surface area contributed by atoms with Gasteiger partial charge in [0.2, 0.25) is 11.8 Å². The maximum Gasteiger partial charge on any atom is 0.247 e. The molecule has 1 aliphatic rings. The van der Waals surface area contributed by atoms with Crippen molar-refractivity contribution in [2.45, 2.75) is 38.6 Å². The highest BCUT2D eigenvalue weighted by Crippen LogP contribution is 2.19. The third-order valence-electron chi connectivity index (χ3n) is 3.77. The number of nitrogens with zero attached hydrogens (tertiary/aromatic N) is 2. The molecule has 4 nitrogen and oxygen atoms in total. The Morgan fingerprint density at radius 1 is 1.10 bits per heavy atom. The monoisotopic (exact) mass is 283 g/mol. The van der Waals surface area contributed by atoms with Gasteiger partial charge in [0, 0.05) is 5.56 Å². The Labute approximate surface area is 125 Å². The van der Waals surface area contributed by atoms with Crippen molar-refractivity contribution in [2.24, 2.45) is 0 Å². The third kappa shape index (κ3) is 4.02. The Morgan fingerprint density at radius 2 is 2.00 bits per heavy atom. The van der Waals surface area contributed by atoms with Gasteiger partial charge >= 0.3 is 0 Å². The molecule has 0 bridgehead atoms. The van der Waals surface area contributed by atoms with Crippen molar-refractivity contribution >= 4 is 0 Å². The zero-order chi connectivity index (χ0) is 14.3. The van der Waals surface area contributed by atoms with Gasteiger partial charge in [0.05, 0.1) is 6.54 Å². The van der Waals surface area contributed by atoms with Crippen LogP contribution in [0.4, 0.5) is 0 Å². The minimum absolute atomic E-state index is 0.586. The molecule has 0 atom stereocenters. The zero-order valence-corrected chi connectivity index (χ0v) is 12.2. The second kappa shape index (κ2) is 7.18. The van der Waals surface area contributed by atoms with E-state index in [4.69, 9.17) is 4.42 Å². The third-order valence-corrected chi connectivity index (χ3v) is 3.77. The number of hydrogen-bond acceptors (Lipinski definition) is 4. The van der Waals surface area contributed by atoms with Gasteiger partial charge in [0.1, 0.15) is 0 Å². The predicted molar refractivity (Wildman–Crippen MR) is 82.6 cm³/mol. The number of allylic oxidation sites excluding steroid dienone is 1. The summed E-state index contributed by atoms with van der Waals surface area (Å²) in [5, 5.41) is 11.5. The molecular formula is C17H21N3O. The topological polar surface area (TPSA) is 51.0 Å². The molecule has 0 fully saturated rings. The molecule has 1 N–H and O–H groups in total. The van der Waals surface area contributed by atoms with Crippen molar-refractivity contribution in [1.29, 1.82) is 0 Å². The van der Waals surface area contributed by atoms with Gasteiger partial charge in [-0.25, -0.2) is 0 Å². The fourth-order valence-corrected chi connectivity index (χ4v) is 2.60. The van der Waals surface area contributed by atoms with Crippen LogP contribution in [0, 0.1) is 0 Å². The van der Waals surface area contributed by atoms with E-state index in [0.29, 0.717) is 18.3 Å². The van der Waals surface area contributed by atoms with Gasteiger partial charge in [0.15, 0.2) is 0 Å². The average Bonchev–Trinajstić information content (AvgIpc) is 3.02. The van der Waals surface area contributed by atoms with E-state index in [1.54, 1.807) is 5.57 Å². The van der Waals surface area contributed by atoms with Crippen LogP contribution >= 0.6 is 0 Å². The number of nitrogens with one attached hydrogen (secondary N) is 1. The Kier molecular flexibility index (Phi) is 4.79. The summed E-state index contributed by atoms with van der Waals surface area (Å²) in [5.41, 5.74) is 2.55. The number of hydrogen-bond donors (Lipinski definition) is 1. The maximum absolute atomic E-state index is 5.66. The van der Waals surface area contributed by atoms with Crippen LogP contribution in [-0.2, 0) is 6.54 Å². The molecule has 4 heteroatoms. The van der Waals surface area contributed by atoms with E-state index in [2.05, 4.69) is 21.6 Å². The van der Waals surface area contributed by atoms with Crippen molar-refractivity contribution in [3.05, 3.63) is 47.9 Å². The van der Waals surface area contributed by atoms with Gasteiger partial charge in [-0.3, -0.25) is 0 Å². The molecule has 110 valence electrons. The average molecular weight is 283 g/mol. The molecule has 1 aliphatic carbocycles. The van der Waals surface area contributed by atoms with Crippen LogP contribution in [0.1, 0.15) is 38.0 Å². The van der Waals surface area contributed by atoms with Crippen molar-refractivity contribution < 1.29 is 4.42 Å². The van der Waals surface area contributed by atoms with E-state index in [1.807, 2.05) is 30.3 Å². The normalized spacial score (nSPS) is 15.0. The van der Waals surface area contributed by atoms with Crippen LogP contribution in [0.2, 0.25) is 0 Å². The molecule has 0 saturated carbocycles. The Hall–Kier alpha value is -1.94. The summed E-state index contributed by atoms with van der Waals surface area (Å²) in [6.07, 6.45) is 8.72. The summed E-state index contributed by atoms with van der Waals surface area (Å²) in [6.45, 7) is 1.60. The van der Waals surface area contributed by atoms with Gasteiger partial charge in [0.25, 0.3) is 0 Å². The minimum Gasteiger partial charge on any atom is -0.419 e. The van der Waals surface area contributed by atoms with Crippen molar-refractivity contribution in [3.8, 4) is 11.5 Å². The second-order valence-electron chi connectivity index (χ2n) is 5.40. The standard InChI is InChI=1S/C17H21N3O/c1-3-7-14(8-4-1)11-12-18-13-16-19-20-17(21-16)15-9-5-2-6-10-15/h2,5-7,9-10,18H,1,3-4,8,11-13H2. The maximum atomic E-state index is 5.66. The lowest BCUT2D eigenvalue weighted by molar-refractivity contribution is 0.477. The first-order valence-corrected chi connectivity index (χ1v) is 7.68. The quantitative estimate of drug-likeness (QED) is 0.648.